The fourth-order valence-corrected chi connectivity index (χ4v) is 3.01. The van der Waals surface area contributed by atoms with E-state index in [0.717, 1.165) is 28.1 Å². The number of ketones is 1. The molecule has 5 heteroatoms. The van der Waals surface area contributed by atoms with Crippen LogP contribution in [0.25, 0.3) is 0 Å². The summed E-state index contributed by atoms with van der Waals surface area (Å²) >= 11 is 4.82. The topological polar surface area (TPSA) is 34.9 Å². The van der Waals surface area contributed by atoms with Crippen LogP contribution in [0.5, 0.6) is 0 Å². The normalized spacial score (nSPS) is 10.7. The maximum Gasteiger partial charge on any atom is 0.180 e. The molecule has 0 bridgehead atoms. The first-order valence-electron chi connectivity index (χ1n) is 5.48. The van der Waals surface area contributed by atoms with E-state index in [2.05, 4.69) is 27.8 Å². The number of Topliss-reactive ketones (excluding diaryl/α,β-unsaturated/α-hetero) is 1. The number of hydrogen-bond donors (Lipinski definition) is 0. The van der Waals surface area contributed by atoms with Crippen LogP contribution < -0.4 is 0 Å². The number of aryl methyl sites for hydroxylation is 1. The summed E-state index contributed by atoms with van der Waals surface area (Å²) in [5.74, 6) is 0.977. The quantitative estimate of drug-likeness (QED) is 0.791. The van der Waals surface area contributed by atoms with Gasteiger partial charge < -0.3 is 4.57 Å². The summed E-state index contributed by atoms with van der Waals surface area (Å²) in [5, 5.41) is 1.92. The number of thiophene rings is 1. The van der Waals surface area contributed by atoms with E-state index in [-0.39, 0.29) is 5.78 Å². The van der Waals surface area contributed by atoms with Crippen LogP contribution in [0.3, 0.4) is 0 Å². The number of rotatable bonds is 5. The van der Waals surface area contributed by atoms with Gasteiger partial charge in [0.25, 0.3) is 0 Å². The Hall–Kier alpha value is -0.940. The molecule has 2 aromatic heterocycles. The second kappa shape index (κ2) is 5.60. The van der Waals surface area contributed by atoms with Gasteiger partial charge in [0.05, 0.1) is 11.3 Å². The lowest BCUT2D eigenvalue weighted by Gasteiger charge is -2.04. The van der Waals surface area contributed by atoms with Gasteiger partial charge in [0.1, 0.15) is 5.82 Å². The minimum absolute atomic E-state index is 0.129. The monoisotopic (exact) mass is 312 g/mol. The average Bonchev–Trinajstić information content (AvgIpc) is 2.89. The van der Waals surface area contributed by atoms with Gasteiger partial charge in [-0.3, -0.25) is 4.79 Å². The van der Waals surface area contributed by atoms with E-state index in [1.54, 1.807) is 6.20 Å². The predicted molar refractivity (Wildman–Crippen MR) is 72.6 cm³/mol. The molecule has 0 fully saturated rings. The van der Waals surface area contributed by atoms with E-state index < -0.39 is 0 Å². The minimum atomic E-state index is 0.129. The molecule has 2 heterocycles. The van der Waals surface area contributed by atoms with Gasteiger partial charge in [-0.2, -0.15) is 0 Å². The maximum atomic E-state index is 12.0. The van der Waals surface area contributed by atoms with Crippen LogP contribution >= 0.6 is 27.3 Å². The Labute approximate surface area is 113 Å². The molecule has 90 valence electrons. The Kier molecular flexibility index (Phi) is 4.12. The van der Waals surface area contributed by atoms with Crippen molar-refractivity contribution in [2.75, 3.05) is 0 Å². The highest BCUT2D eigenvalue weighted by Gasteiger charge is 2.12. The lowest BCUT2D eigenvalue weighted by Crippen LogP contribution is -2.09. The second-order valence-corrected chi connectivity index (χ2v) is 5.59. The summed E-state index contributed by atoms with van der Waals surface area (Å²) in [5.41, 5.74) is 0. The molecule has 0 amide bonds. The van der Waals surface area contributed by atoms with Crippen molar-refractivity contribution in [3.05, 3.63) is 39.0 Å². The van der Waals surface area contributed by atoms with Gasteiger partial charge in [-0.1, -0.05) is 6.92 Å². The number of halogens is 1. The van der Waals surface area contributed by atoms with Crippen molar-refractivity contribution in [3.8, 4) is 0 Å². The molecule has 0 radical (unpaired) electrons. The summed E-state index contributed by atoms with van der Waals surface area (Å²) in [6, 6.07) is 1.86. The molecule has 0 N–H and O–H groups in total. The third-order valence-corrected chi connectivity index (χ3v) is 4.16. The Morgan fingerprint density at radius 1 is 1.59 bits per heavy atom. The summed E-state index contributed by atoms with van der Waals surface area (Å²) in [6.45, 7) is 3.03. The molecule has 0 saturated carbocycles. The minimum Gasteiger partial charge on any atom is -0.335 e. The SMILES string of the molecule is CCCn1ccnc1CC(=O)c1cc(Br)cs1. The van der Waals surface area contributed by atoms with Crippen molar-refractivity contribution in [3.63, 3.8) is 0 Å². The van der Waals surface area contributed by atoms with Crippen LogP contribution in [0, 0.1) is 0 Å². The number of carbonyl (C=O) groups excluding carboxylic acids is 1. The van der Waals surface area contributed by atoms with Gasteiger partial charge in [-0.05, 0) is 28.4 Å². The first-order chi connectivity index (χ1) is 8.20. The molecule has 0 aliphatic rings. The smallest absolute Gasteiger partial charge is 0.180 e. The Bertz CT molecular complexity index is 518. The molecule has 0 spiro atoms. The zero-order valence-electron chi connectivity index (χ0n) is 9.52. The molecule has 2 aromatic rings. The second-order valence-electron chi connectivity index (χ2n) is 3.77. The molecular weight excluding hydrogens is 300 g/mol. The Morgan fingerprint density at radius 3 is 3.06 bits per heavy atom. The van der Waals surface area contributed by atoms with Gasteiger partial charge in [0.15, 0.2) is 5.78 Å². The largest absolute Gasteiger partial charge is 0.335 e. The maximum absolute atomic E-state index is 12.0. The van der Waals surface area contributed by atoms with E-state index in [1.807, 2.05) is 22.2 Å². The number of aromatic nitrogens is 2. The standard InChI is InChI=1S/C12H13BrN2OS/c1-2-4-15-5-3-14-12(15)7-10(16)11-6-9(13)8-17-11/h3,5-6,8H,2,4,7H2,1H3. The van der Waals surface area contributed by atoms with Gasteiger partial charge in [-0.15, -0.1) is 11.3 Å². The van der Waals surface area contributed by atoms with Crippen molar-refractivity contribution >= 4 is 33.0 Å². The molecule has 0 aliphatic carbocycles. The molecule has 17 heavy (non-hydrogen) atoms. The molecule has 0 aromatic carbocycles. The van der Waals surface area contributed by atoms with E-state index in [0.29, 0.717) is 6.42 Å². The molecule has 2 rings (SSSR count). The van der Waals surface area contributed by atoms with Crippen LogP contribution in [0.15, 0.2) is 28.3 Å². The van der Waals surface area contributed by atoms with Crippen molar-refractivity contribution < 1.29 is 4.79 Å². The average molecular weight is 313 g/mol. The Morgan fingerprint density at radius 2 is 2.41 bits per heavy atom. The molecule has 0 unspecified atom stereocenters. The lowest BCUT2D eigenvalue weighted by molar-refractivity contribution is 0.0993. The number of hydrogen-bond acceptors (Lipinski definition) is 3. The van der Waals surface area contributed by atoms with Crippen LogP contribution in [-0.4, -0.2) is 15.3 Å². The van der Waals surface area contributed by atoms with Crippen LogP contribution in [-0.2, 0) is 13.0 Å². The summed E-state index contributed by atoms with van der Waals surface area (Å²) in [7, 11) is 0. The predicted octanol–water partition coefficient (Wildman–Crippen LogP) is 3.54. The van der Waals surface area contributed by atoms with Crippen LogP contribution in [0.4, 0.5) is 0 Å². The number of imidazole rings is 1. The fourth-order valence-electron chi connectivity index (χ4n) is 1.64. The molecule has 3 nitrogen and oxygen atoms in total. The lowest BCUT2D eigenvalue weighted by atomic mass is 10.2. The van der Waals surface area contributed by atoms with Gasteiger partial charge in [0, 0.05) is 28.8 Å². The fraction of sp³-hybridized carbons (Fsp3) is 0.333. The highest BCUT2D eigenvalue weighted by atomic mass is 79.9. The van der Waals surface area contributed by atoms with Gasteiger partial charge in [0.2, 0.25) is 0 Å². The van der Waals surface area contributed by atoms with E-state index in [1.165, 1.54) is 11.3 Å². The molecular formula is C12H13BrN2OS. The van der Waals surface area contributed by atoms with E-state index >= 15 is 0 Å². The third-order valence-electron chi connectivity index (χ3n) is 2.43. The summed E-state index contributed by atoms with van der Waals surface area (Å²) < 4.78 is 3.00. The summed E-state index contributed by atoms with van der Waals surface area (Å²) in [6.07, 6.45) is 5.10. The summed E-state index contributed by atoms with van der Waals surface area (Å²) in [4.78, 5) is 17.0. The van der Waals surface area contributed by atoms with Crippen LogP contribution in [0.1, 0.15) is 28.8 Å². The number of carbonyl (C=O) groups is 1. The van der Waals surface area contributed by atoms with E-state index in [4.69, 9.17) is 0 Å². The third kappa shape index (κ3) is 3.04. The van der Waals surface area contributed by atoms with Gasteiger partial charge in [-0.25, -0.2) is 4.98 Å². The van der Waals surface area contributed by atoms with Gasteiger partial charge >= 0.3 is 0 Å². The Balaban J connectivity index is 2.10. The first kappa shape index (κ1) is 12.5. The number of nitrogens with zero attached hydrogens (tertiary/aromatic N) is 2. The van der Waals surface area contributed by atoms with Crippen molar-refractivity contribution in [2.24, 2.45) is 0 Å². The van der Waals surface area contributed by atoms with Crippen LogP contribution in [0.2, 0.25) is 0 Å². The highest BCUT2D eigenvalue weighted by Crippen LogP contribution is 2.21. The van der Waals surface area contributed by atoms with Crippen molar-refractivity contribution in [1.29, 1.82) is 0 Å². The molecule has 0 atom stereocenters. The first-order valence-corrected chi connectivity index (χ1v) is 7.15. The van der Waals surface area contributed by atoms with Crippen molar-refractivity contribution in [2.45, 2.75) is 26.3 Å². The zero-order valence-corrected chi connectivity index (χ0v) is 11.9. The van der Waals surface area contributed by atoms with E-state index in [9.17, 15) is 4.79 Å². The zero-order chi connectivity index (χ0) is 12.3. The molecule has 0 aliphatic heterocycles. The molecule has 0 saturated heterocycles. The van der Waals surface area contributed by atoms with Crippen molar-refractivity contribution in [1.82, 2.24) is 9.55 Å². The highest BCUT2D eigenvalue weighted by molar-refractivity contribution is 9.10.